The quantitative estimate of drug-likeness (QED) is 0.607. The molecule has 2 atom stereocenters. The van der Waals surface area contributed by atoms with Crippen molar-refractivity contribution >= 4 is 11.8 Å². The Morgan fingerprint density at radius 1 is 1.59 bits per heavy atom. The van der Waals surface area contributed by atoms with E-state index in [9.17, 15) is 9.59 Å². The molecule has 0 radical (unpaired) electrons. The molecule has 0 saturated carbocycles. The molecule has 5 N–H and O–H groups in total. The average molecular weight is 238 g/mol. The van der Waals surface area contributed by atoms with Crippen molar-refractivity contribution in [1.29, 1.82) is 0 Å². The predicted molar refractivity (Wildman–Crippen MR) is 57.4 cm³/mol. The number of carbonyl (C=O) groups is 2. The molecule has 2 rings (SSSR count). The summed E-state index contributed by atoms with van der Waals surface area (Å²) in [6.45, 7) is 2.03. The van der Waals surface area contributed by atoms with Gasteiger partial charge in [0.1, 0.15) is 6.26 Å². The first kappa shape index (κ1) is 11.6. The van der Waals surface area contributed by atoms with E-state index in [1.54, 1.807) is 6.92 Å². The number of nitrogens with zero attached hydrogens (tertiary/aromatic N) is 1. The molecule has 92 valence electrons. The van der Waals surface area contributed by atoms with Crippen LogP contribution in [0.15, 0.2) is 10.7 Å². The van der Waals surface area contributed by atoms with E-state index >= 15 is 0 Å². The number of carbonyl (C=O) groups excluding carboxylic acids is 2. The van der Waals surface area contributed by atoms with Gasteiger partial charge >= 0.3 is 0 Å². The lowest BCUT2D eigenvalue weighted by atomic mass is 9.91. The van der Waals surface area contributed by atoms with Gasteiger partial charge in [0.05, 0.1) is 11.6 Å². The summed E-state index contributed by atoms with van der Waals surface area (Å²) in [7, 11) is 0. The normalized spacial score (nSPS) is 28.2. The van der Waals surface area contributed by atoms with Crippen LogP contribution in [0.1, 0.15) is 18.0 Å². The molecule has 2 unspecified atom stereocenters. The zero-order valence-electron chi connectivity index (χ0n) is 9.40. The zero-order chi connectivity index (χ0) is 12.6. The maximum Gasteiger partial charge on any atom is 0.247 e. The molecule has 2 amide bonds. The minimum Gasteiger partial charge on any atom is -0.446 e. The number of amides is 2. The molecule has 1 saturated heterocycles. The van der Waals surface area contributed by atoms with Gasteiger partial charge in [0.2, 0.25) is 17.7 Å². The molecule has 7 heteroatoms. The van der Waals surface area contributed by atoms with Gasteiger partial charge in [0, 0.05) is 6.54 Å². The molecule has 7 nitrogen and oxygen atoms in total. The Morgan fingerprint density at radius 3 is 2.71 bits per heavy atom. The molecule has 1 fully saturated rings. The van der Waals surface area contributed by atoms with Gasteiger partial charge in [0.15, 0.2) is 5.54 Å². The van der Waals surface area contributed by atoms with Crippen LogP contribution in [-0.2, 0) is 15.1 Å². The van der Waals surface area contributed by atoms with E-state index in [4.69, 9.17) is 15.9 Å². The van der Waals surface area contributed by atoms with Crippen molar-refractivity contribution in [3.63, 3.8) is 0 Å². The minimum atomic E-state index is -1.23. The number of aromatic nitrogens is 1. The molecular formula is C10H14N4O3. The van der Waals surface area contributed by atoms with Crippen molar-refractivity contribution in [2.45, 2.75) is 18.9 Å². The lowest BCUT2D eigenvalue weighted by Crippen LogP contribution is -2.49. The maximum atomic E-state index is 11.6. The van der Waals surface area contributed by atoms with E-state index in [0.29, 0.717) is 12.2 Å². The Bertz CT molecular complexity index is 470. The van der Waals surface area contributed by atoms with Gasteiger partial charge in [-0.1, -0.05) is 0 Å². The first-order valence-corrected chi connectivity index (χ1v) is 5.22. The molecule has 1 aliphatic rings. The number of primary amides is 2. The van der Waals surface area contributed by atoms with Crippen molar-refractivity contribution in [2.24, 2.45) is 17.4 Å². The van der Waals surface area contributed by atoms with E-state index in [-0.39, 0.29) is 12.3 Å². The van der Waals surface area contributed by atoms with Crippen LogP contribution in [0.3, 0.4) is 0 Å². The molecule has 0 aromatic carbocycles. The first-order chi connectivity index (χ1) is 7.95. The standard InChI is InChI=1S/C10H14N4O3/c1-5-4-17-9(14-5)10(8(12)16)2-6(3-13-10)7(11)15/h4,6,13H,2-3H2,1H3,(H2,11,15)(H2,12,16). The second kappa shape index (κ2) is 3.85. The number of nitrogens with one attached hydrogen (secondary N) is 1. The monoisotopic (exact) mass is 238 g/mol. The third kappa shape index (κ3) is 1.78. The highest BCUT2D eigenvalue weighted by Gasteiger charge is 2.50. The van der Waals surface area contributed by atoms with E-state index < -0.39 is 23.3 Å². The topological polar surface area (TPSA) is 124 Å². The van der Waals surface area contributed by atoms with Crippen LogP contribution >= 0.6 is 0 Å². The Morgan fingerprint density at radius 2 is 2.29 bits per heavy atom. The highest BCUT2D eigenvalue weighted by Crippen LogP contribution is 2.33. The molecule has 1 aromatic rings. The van der Waals surface area contributed by atoms with Crippen molar-refractivity contribution in [2.75, 3.05) is 6.54 Å². The van der Waals surface area contributed by atoms with Gasteiger partial charge in [-0.05, 0) is 13.3 Å². The maximum absolute atomic E-state index is 11.6. The van der Waals surface area contributed by atoms with Crippen molar-refractivity contribution in [3.8, 4) is 0 Å². The number of aryl methyl sites for hydroxylation is 1. The molecule has 1 aromatic heterocycles. The zero-order valence-corrected chi connectivity index (χ0v) is 9.40. The molecule has 0 spiro atoms. The Balaban J connectivity index is 2.36. The molecule has 1 aliphatic heterocycles. The van der Waals surface area contributed by atoms with Crippen molar-refractivity contribution < 1.29 is 14.0 Å². The van der Waals surface area contributed by atoms with Crippen molar-refractivity contribution in [3.05, 3.63) is 17.8 Å². The summed E-state index contributed by atoms with van der Waals surface area (Å²) in [5.41, 5.74) is 10.0. The first-order valence-electron chi connectivity index (χ1n) is 5.22. The van der Waals surface area contributed by atoms with Crippen LogP contribution in [0, 0.1) is 12.8 Å². The summed E-state index contributed by atoms with van der Waals surface area (Å²) in [5, 5.41) is 2.90. The number of rotatable bonds is 3. The summed E-state index contributed by atoms with van der Waals surface area (Å²) in [4.78, 5) is 26.8. The van der Waals surface area contributed by atoms with Crippen LogP contribution in [0.25, 0.3) is 0 Å². The summed E-state index contributed by atoms with van der Waals surface area (Å²) >= 11 is 0. The Hall–Kier alpha value is -1.89. The lowest BCUT2D eigenvalue weighted by molar-refractivity contribution is -0.125. The second-order valence-electron chi connectivity index (χ2n) is 4.25. The molecule has 0 aliphatic carbocycles. The van der Waals surface area contributed by atoms with Crippen LogP contribution in [0.2, 0.25) is 0 Å². The summed E-state index contributed by atoms with van der Waals surface area (Å²) in [6.07, 6.45) is 1.61. The summed E-state index contributed by atoms with van der Waals surface area (Å²) < 4.78 is 5.21. The smallest absolute Gasteiger partial charge is 0.247 e. The third-order valence-electron chi connectivity index (χ3n) is 3.01. The van der Waals surface area contributed by atoms with E-state index in [0.717, 1.165) is 0 Å². The molecule has 0 bridgehead atoms. The van der Waals surface area contributed by atoms with Gasteiger partial charge < -0.3 is 15.9 Å². The summed E-state index contributed by atoms with van der Waals surface area (Å²) in [6, 6.07) is 0. The van der Waals surface area contributed by atoms with Gasteiger partial charge in [0.25, 0.3) is 0 Å². The van der Waals surface area contributed by atoms with E-state index in [1.165, 1.54) is 6.26 Å². The number of nitrogens with two attached hydrogens (primary N) is 2. The van der Waals surface area contributed by atoms with Crippen LogP contribution in [-0.4, -0.2) is 23.3 Å². The SMILES string of the molecule is Cc1coc(C2(C(N)=O)CC(C(N)=O)CN2)n1. The fourth-order valence-corrected chi connectivity index (χ4v) is 2.02. The summed E-state index contributed by atoms with van der Waals surface area (Å²) in [5.74, 6) is -1.35. The highest BCUT2D eigenvalue weighted by molar-refractivity contribution is 5.87. The molecule has 2 heterocycles. The van der Waals surface area contributed by atoms with Crippen molar-refractivity contribution in [1.82, 2.24) is 10.3 Å². The second-order valence-corrected chi connectivity index (χ2v) is 4.25. The minimum absolute atomic E-state index is 0.178. The fourth-order valence-electron chi connectivity index (χ4n) is 2.02. The molecular weight excluding hydrogens is 224 g/mol. The highest BCUT2D eigenvalue weighted by atomic mass is 16.3. The van der Waals surface area contributed by atoms with E-state index in [1.807, 2.05) is 0 Å². The Kier molecular flexibility index (Phi) is 2.62. The van der Waals surface area contributed by atoms with Gasteiger partial charge in [-0.2, -0.15) is 0 Å². The lowest BCUT2D eigenvalue weighted by Gasteiger charge is -2.21. The van der Waals surface area contributed by atoms with Crippen LogP contribution in [0.4, 0.5) is 0 Å². The van der Waals surface area contributed by atoms with Crippen LogP contribution in [0.5, 0.6) is 0 Å². The predicted octanol–water partition coefficient (Wildman–Crippen LogP) is -1.24. The van der Waals surface area contributed by atoms with Gasteiger partial charge in [-0.25, -0.2) is 4.98 Å². The van der Waals surface area contributed by atoms with Gasteiger partial charge in [-0.15, -0.1) is 0 Å². The van der Waals surface area contributed by atoms with Gasteiger partial charge in [-0.3, -0.25) is 14.9 Å². The fraction of sp³-hybridized carbons (Fsp3) is 0.500. The number of hydrogen-bond acceptors (Lipinski definition) is 5. The average Bonchev–Trinajstić information content (AvgIpc) is 2.83. The molecule has 17 heavy (non-hydrogen) atoms. The largest absolute Gasteiger partial charge is 0.446 e. The number of oxazole rings is 1. The van der Waals surface area contributed by atoms with Crippen LogP contribution < -0.4 is 16.8 Å². The van der Waals surface area contributed by atoms with E-state index in [2.05, 4.69) is 10.3 Å². The third-order valence-corrected chi connectivity index (χ3v) is 3.01. The number of hydrogen-bond donors (Lipinski definition) is 3. The Labute approximate surface area is 97.5 Å².